The van der Waals surface area contributed by atoms with Crippen molar-refractivity contribution >= 4 is 16.8 Å². The van der Waals surface area contributed by atoms with Crippen LogP contribution in [0.5, 0.6) is 5.88 Å². The number of aromatic nitrogens is 3. The van der Waals surface area contributed by atoms with E-state index in [2.05, 4.69) is 67.3 Å². The standard InChI is InChI=1S/C26H27N3O2/c1-17-9-11-20(12-10-17)19(3)15-21(30)16-31-24-14-13-23-25(28-29(4)26(23)27-24)22-8-6-5-7-18(22)2/h5-14,19H,15-16H2,1-4H3/t19-/m1/s1. The first-order valence-corrected chi connectivity index (χ1v) is 10.5. The first-order chi connectivity index (χ1) is 14.9. The lowest BCUT2D eigenvalue weighted by Crippen LogP contribution is -2.14. The molecule has 5 heteroatoms. The van der Waals surface area contributed by atoms with Crippen LogP contribution in [0, 0.1) is 13.8 Å². The second-order valence-corrected chi connectivity index (χ2v) is 8.15. The smallest absolute Gasteiger partial charge is 0.215 e. The van der Waals surface area contributed by atoms with Gasteiger partial charge >= 0.3 is 0 Å². The fourth-order valence-corrected chi connectivity index (χ4v) is 3.80. The molecule has 0 bridgehead atoms. The predicted molar refractivity (Wildman–Crippen MR) is 123 cm³/mol. The summed E-state index contributed by atoms with van der Waals surface area (Å²) < 4.78 is 7.48. The van der Waals surface area contributed by atoms with Gasteiger partial charge in [-0.25, -0.2) is 4.68 Å². The van der Waals surface area contributed by atoms with Crippen LogP contribution in [0.3, 0.4) is 0 Å². The van der Waals surface area contributed by atoms with Crippen molar-refractivity contribution in [2.75, 3.05) is 6.61 Å². The van der Waals surface area contributed by atoms with Gasteiger partial charge in [0.25, 0.3) is 0 Å². The molecule has 0 aliphatic carbocycles. The molecule has 1 atom stereocenters. The van der Waals surface area contributed by atoms with E-state index in [0.717, 1.165) is 33.4 Å². The molecule has 158 valence electrons. The number of aryl methyl sites for hydroxylation is 3. The Hall–Kier alpha value is -3.47. The summed E-state index contributed by atoms with van der Waals surface area (Å²) >= 11 is 0. The molecule has 0 aliphatic rings. The van der Waals surface area contributed by atoms with Gasteiger partial charge in [0.05, 0.1) is 0 Å². The summed E-state index contributed by atoms with van der Waals surface area (Å²) in [4.78, 5) is 17.0. The predicted octanol–water partition coefficient (Wildman–Crippen LogP) is 5.39. The van der Waals surface area contributed by atoms with Crippen molar-refractivity contribution in [3.05, 3.63) is 77.4 Å². The van der Waals surface area contributed by atoms with Gasteiger partial charge in [-0.15, -0.1) is 0 Å². The van der Waals surface area contributed by atoms with Gasteiger partial charge in [0.15, 0.2) is 11.4 Å². The van der Waals surface area contributed by atoms with E-state index in [9.17, 15) is 4.79 Å². The lowest BCUT2D eigenvalue weighted by molar-refractivity contribution is -0.121. The van der Waals surface area contributed by atoms with Crippen LogP contribution in [0.25, 0.3) is 22.3 Å². The van der Waals surface area contributed by atoms with Gasteiger partial charge in [0.2, 0.25) is 5.88 Å². The summed E-state index contributed by atoms with van der Waals surface area (Å²) in [5.41, 5.74) is 6.26. The van der Waals surface area contributed by atoms with Crippen molar-refractivity contribution in [1.29, 1.82) is 0 Å². The van der Waals surface area contributed by atoms with E-state index >= 15 is 0 Å². The van der Waals surface area contributed by atoms with Gasteiger partial charge in [-0.1, -0.05) is 61.0 Å². The summed E-state index contributed by atoms with van der Waals surface area (Å²) in [6, 6.07) is 20.3. The molecule has 4 rings (SSSR count). The third-order valence-corrected chi connectivity index (χ3v) is 5.62. The number of carbonyl (C=O) groups is 1. The molecule has 4 aromatic rings. The maximum absolute atomic E-state index is 12.5. The monoisotopic (exact) mass is 413 g/mol. The van der Waals surface area contributed by atoms with Gasteiger partial charge in [-0.3, -0.25) is 4.79 Å². The number of fused-ring (bicyclic) bond motifs is 1. The zero-order valence-corrected chi connectivity index (χ0v) is 18.4. The zero-order chi connectivity index (χ0) is 22.0. The maximum atomic E-state index is 12.5. The third kappa shape index (κ3) is 4.50. The molecular weight excluding hydrogens is 386 g/mol. The average Bonchev–Trinajstić information content (AvgIpc) is 3.09. The average molecular weight is 414 g/mol. The molecule has 0 N–H and O–H groups in total. The number of pyridine rings is 1. The summed E-state index contributed by atoms with van der Waals surface area (Å²) in [5.74, 6) is 0.643. The van der Waals surface area contributed by atoms with Crippen LogP contribution in [0.15, 0.2) is 60.7 Å². The van der Waals surface area contributed by atoms with Gasteiger partial charge in [0, 0.05) is 30.5 Å². The molecule has 0 radical (unpaired) electrons. The normalized spacial score (nSPS) is 12.1. The molecule has 0 spiro atoms. The first kappa shape index (κ1) is 20.8. The Morgan fingerprint density at radius 1 is 1.03 bits per heavy atom. The summed E-state index contributed by atoms with van der Waals surface area (Å²) in [7, 11) is 1.87. The van der Waals surface area contributed by atoms with E-state index in [1.54, 1.807) is 4.68 Å². The van der Waals surface area contributed by atoms with Gasteiger partial charge in [0.1, 0.15) is 12.3 Å². The Kier molecular flexibility index (Phi) is 5.85. The van der Waals surface area contributed by atoms with Crippen LogP contribution < -0.4 is 4.74 Å². The highest BCUT2D eigenvalue weighted by molar-refractivity contribution is 5.92. The fourth-order valence-electron chi connectivity index (χ4n) is 3.80. The van der Waals surface area contributed by atoms with Crippen molar-refractivity contribution in [1.82, 2.24) is 14.8 Å². The number of hydrogen-bond donors (Lipinski definition) is 0. The minimum Gasteiger partial charge on any atom is -0.470 e. The van der Waals surface area contributed by atoms with Gasteiger partial charge in [-0.05, 0) is 37.0 Å². The largest absolute Gasteiger partial charge is 0.470 e. The molecule has 31 heavy (non-hydrogen) atoms. The minimum absolute atomic E-state index is 0.0111. The second-order valence-electron chi connectivity index (χ2n) is 8.15. The third-order valence-electron chi connectivity index (χ3n) is 5.62. The number of carbonyl (C=O) groups excluding carboxylic acids is 1. The Balaban J connectivity index is 1.46. The summed E-state index contributed by atoms with van der Waals surface area (Å²) in [5, 5.41) is 5.63. The van der Waals surface area contributed by atoms with Crippen LogP contribution in [0.1, 0.15) is 36.0 Å². The van der Waals surface area contributed by atoms with Crippen molar-refractivity contribution in [3.63, 3.8) is 0 Å². The van der Waals surface area contributed by atoms with Crippen molar-refractivity contribution in [3.8, 4) is 17.1 Å². The Bertz CT molecular complexity index is 1230. The van der Waals surface area contributed by atoms with E-state index in [1.165, 1.54) is 5.56 Å². The number of rotatable bonds is 7. The van der Waals surface area contributed by atoms with Gasteiger partial charge < -0.3 is 4.74 Å². The van der Waals surface area contributed by atoms with Crippen LogP contribution in [-0.4, -0.2) is 27.2 Å². The number of nitrogens with zero attached hydrogens (tertiary/aromatic N) is 3. The van der Waals surface area contributed by atoms with E-state index < -0.39 is 0 Å². The highest BCUT2D eigenvalue weighted by atomic mass is 16.5. The second kappa shape index (κ2) is 8.72. The lowest BCUT2D eigenvalue weighted by Gasteiger charge is -2.12. The van der Waals surface area contributed by atoms with Crippen LogP contribution in [0.2, 0.25) is 0 Å². The van der Waals surface area contributed by atoms with E-state index in [0.29, 0.717) is 12.3 Å². The Labute approximate surface area is 182 Å². The number of Topliss-reactive ketones (excluding diaryl/α,β-unsaturated/α-hetero) is 1. The molecule has 2 aromatic carbocycles. The molecule has 5 nitrogen and oxygen atoms in total. The quantitative estimate of drug-likeness (QED) is 0.407. The number of ether oxygens (including phenoxy) is 1. The summed E-state index contributed by atoms with van der Waals surface area (Å²) in [6.07, 6.45) is 0.439. The van der Waals surface area contributed by atoms with E-state index in [1.807, 2.05) is 31.3 Å². The SMILES string of the molecule is Cc1ccc([C@H](C)CC(=O)COc2ccc3c(-c4ccccc4C)nn(C)c3n2)cc1. The Morgan fingerprint density at radius 2 is 1.77 bits per heavy atom. The van der Waals surface area contributed by atoms with Crippen molar-refractivity contribution in [2.45, 2.75) is 33.1 Å². The maximum Gasteiger partial charge on any atom is 0.215 e. The van der Waals surface area contributed by atoms with E-state index in [-0.39, 0.29) is 18.3 Å². The Morgan fingerprint density at radius 3 is 2.52 bits per heavy atom. The molecule has 2 aromatic heterocycles. The fraction of sp³-hybridized carbons (Fsp3) is 0.269. The number of ketones is 1. The molecule has 0 fully saturated rings. The number of benzene rings is 2. The molecule has 0 aliphatic heterocycles. The van der Waals surface area contributed by atoms with Gasteiger partial charge in [-0.2, -0.15) is 10.1 Å². The topological polar surface area (TPSA) is 57.0 Å². The zero-order valence-electron chi connectivity index (χ0n) is 18.4. The molecular formula is C26H27N3O2. The lowest BCUT2D eigenvalue weighted by atomic mass is 9.95. The number of hydrogen-bond acceptors (Lipinski definition) is 4. The van der Waals surface area contributed by atoms with Crippen LogP contribution in [-0.2, 0) is 11.8 Å². The molecule has 0 amide bonds. The van der Waals surface area contributed by atoms with E-state index in [4.69, 9.17) is 4.74 Å². The molecule has 2 heterocycles. The highest BCUT2D eigenvalue weighted by Gasteiger charge is 2.16. The van der Waals surface area contributed by atoms with Crippen LogP contribution in [0.4, 0.5) is 0 Å². The van der Waals surface area contributed by atoms with Crippen molar-refractivity contribution < 1.29 is 9.53 Å². The molecule has 0 unspecified atom stereocenters. The first-order valence-electron chi connectivity index (χ1n) is 10.5. The summed E-state index contributed by atoms with van der Waals surface area (Å²) in [6.45, 7) is 6.21. The molecule has 0 saturated heterocycles. The minimum atomic E-state index is 0.0111. The molecule has 0 saturated carbocycles. The highest BCUT2D eigenvalue weighted by Crippen LogP contribution is 2.30. The van der Waals surface area contributed by atoms with Crippen LogP contribution >= 0.6 is 0 Å². The van der Waals surface area contributed by atoms with Crippen molar-refractivity contribution in [2.24, 2.45) is 7.05 Å².